The van der Waals surface area contributed by atoms with Crippen LogP contribution < -0.4 is 5.73 Å². The molecule has 1 saturated heterocycles. The minimum Gasteiger partial charge on any atom is -0.381 e. The van der Waals surface area contributed by atoms with Crippen molar-refractivity contribution in [3.8, 4) is 0 Å². The lowest BCUT2D eigenvalue weighted by molar-refractivity contribution is 0.0530. The van der Waals surface area contributed by atoms with Crippen LogP contribution in [0.4, 0.5) is 0 Å². The number of nitrogens with two attached hydrogens (primary N) is 1. The fourth-order valence-electron chi connectivity index (χ4n) is 3.00. The summed E-state index contributed by atoms with van der Waals surface area (Å²) in [7, 11) is 0. The molecule has 0 aliphatic carbocycles. The summed E-state index contributed by atoms with van der Waals surface area (Å²) < 4.78 is 5.55. The van der Waals surface area contributed by atoms with E-state index < -0.39 is 0 Å². The molecule has 1 aliphatic heterocycles. The molecule has 2 rings (SSSR count). The number of halogens is 2. The minimum absolute atomic E-state index is 0. The minimum atomic E-state index is -0.0269. The molecular weight excluding hydrogens is 425 g/mol. The van der Waals surface area contributed by atoms with E-state index >= 15 is 0 Å². The molecule has 130 valence electrons. The third-order valence-electron chi connectivity index (χ3n) is 4.52. The fourth-order valence-corrected chi connectivity index (χ4v) is 3.19. The first-order chi connectivity index (χ1) is 10.6. The van der Waals surface area contributed by atoms with E-state index in [2.05, 4.69) is 35.9 Å². The monoisotopic (exact) mass is 451 g/mol. The molecular formula is C17H27ClIN3O. The standard InChI is InChI=1S/C17H26ClN3O.HI/c1-3-21(4-2)16(19)20-13-17(8-10-22-11-9-17)14-6-5-7-15(18)12-14;/h5-7,12H,3-4,8-11,13H2,1-2H3,(H2,19,20);1H. The zero-order valence-corrected chi connectivity index (χ0v) is 17.0. The smallest absolute Gasteiger partial charge is 0.191 e. The van der Waals surface area contributed by atoms with Crippen molar-refractivity contribution in [3.05, 3.63) is 34.9 Å². The van der Waals surface area contributed by atoms with Crippen molar-refractivity contribution in [2.24, 2.45) is 10.7 Å². The molecule has 1 heterocycles. The van der Waals surface area contributed by atoms with Crippen molar-refractivity contribution in [1.29, 1.82) is 0 Å². The van der Waals surface area contributed by atoms with Crippen LogP contribution in [0.2, 0.25) is 5.02 Å². The lowest BCUT2D eigenvalue weighted by Crippen LogP contribution is -2.41. The van der Waals surface area contributed by atoms with Gasteiger partial charge in [0.1, 0.15) is 0 Å². The van der Waals surface area contributed by atoms with Crippen LogP contribution in [0.1, 0.15) is 32.3 Å². The van der Waals surface area contributed by atoms with Crippen LogP contribution in [0.15, 0.2) is 29.3 Å². The van der Waals surface area contributed by atoms with Gasteiger partial charge in [-0.05, 0) is 44.4 Å². The van der Waals surface area contributed by atoms with Gasteiger partial charge in [-0.25, -0.2) is 0 Å². The third-order valence-corrected chi connectivity index (χ3v) is 4.75. The van der Waals surface area contributed by atoms with Crippen LogP contribution in [0.5, 0.6) is 0 Å². The van der Waals surface area contributed by atoms with E-state index in [1.165, 1.54) is 5.56 Å². The van der Waals surface area contributed by atoms with Gasteiger partial charge >= 0.3 is 0 Å². The summed E-state index contributed by atoms with van der Waals surface area (Å²) in [6.45, 7) is 8.12. The summed E-state index contributed by atoms with van der Waals surface area (Å²) in [4.78, 5) is 6.76. The van der Waals surface area contributed by atoms with Gasteiger partial charge in [-0.3, -0.25) is 4.99 Å². The van der Waals surface area contributed by atoms with Crippen molar-refractivity contribution in [3.63, 3.8) is 0 Å². The average Bonchev–Trinajstić information content (AvgIpc) is 2.55. The number of ether oxygens (including phenoxy) is 1. The van der Waals surface area contributed by atoms with E-state index in [1.54, 1.807) is 0 Å². The van der Waals surface area contributed by atoms with E-state index in [0.717, 1.165) is 44.2 Å². The van der Waals surface area contributed by atoms with Crippen LogP contribution in [-0.4, -0.2) is 43.7 Å². The molecule has 1 fully saturated rings. The van der Waals surface area contributed by atoms with Crippen LogP contribution in [0, 0.1) is 0 Å². The second kappa shape index (κ2) is 9.69. The Labute approximate surface area is 161 Å². The van der Waals surface area contributed by atoms with Crippen molar-refractivity contribution in [2.45, 2.75) is 32.1 Å². The number of nitrogens with zero attached hydrogens (tertiary/aromatic N) is 2. The zero-order valence-electron chi connectivity index (χ0n) is 13.9. The number of aliphatic imine (C=N–C) groups is 1. The van der Waals surface area contributed by atoms with Crippen molar-refractivity contribution >= 4 is 41.5 Å². The summed E-state index contributed by atoms with van der Waals surface area (Å²) in [5.41, 5.74) is 7.35. The van der Waals surface area contributed by atoms with Gasteiger partial charge in [0.2, 0.25) is 0 Å². The maximum Gasteiger partial charge on any atom is 0.191 e. The first-order valence-corrected chi connectivity index (χ1v) is 8.38. The quantitative estimate of drug-likeness (QED) is 0.422. The molecule has 0 saturated carbocycles. The lowest BCUT2D eigenvalue weighted by atomic mass is 9.74. The summed E-state index contributed by atoms with van der Waals surface area (Å²) in [6.07, 6.45) is 1.89. The Morgan fingerprint density at radius 2 is 1.96 bits per heavy atom. The summed E-state index contributed by atoms with van der Waals surface area (Å²) in [6, 6.07) is 8.11. The van der Waals surface area contributed by atoms with Gasteiger partial charge in [-0.15, -0.1) is 24.0 Å². The van der Waals surface area contributed by atoms with Crippen LogP contribution >= 0.6 is 35.6 Å². The highest BCUT2D eigenvalue weighted by molar-refractivity contribution is 14.0. The number of hydrogen-bond acceptors (Lipinski definition) is 2. The van der Waals surface area contributed by atoms with Gasteiger partial charge in [0.05, 0.1) is 6.54 Å². The molecule has 0 radical (unpaired) electrons. The topological polar surface area (TPSA) is 50.8 Å². The van der Waals surface area contributed by atoms with Crippen LogP contribution in [0.25, 0.3) is 0 Å². The maximum atomic E-state index is 6.18. The molecule has 6 heteroatoms. The van der Waals surface area contributed by atoms with Gasteiger partial charge in [0, 0.05) is 36.7 Å². The Bertz CT molecular complexity index is 514. The molecule has 1 aromatic carbocycles. The number of rotatable bonds is 5. The zero-order chi connectivity index (χ0) is 16.0. The van der Waals surface area contributed by atoms with Gasteiger partial charge < -0.3 is 15.4 Å². The lowest BCUT2D eigenvalue weighted by Gasteiger charge is -2.37. The second-order valence-corrected chi connectivity index (χ2v) is 6.19. The molecule has 0 amide bonds. The first-order valence-electron chi connectivity index (χ1n) is 8.00. The molecule has 0 spiro atoms. The average molecular weight is 452 g/mol. The van der Waals surface area contributed by atoms with Gasteiger partial charge in [-0.2, -0.15) is 0 Å². The second-order valence-electron chi connectivity index (χ2n) is 5.75. The molecule has 0 unspecified atom stereocenters. The highest BCUT2D eigenvalue weighted by atomic mass is 127. The molecule has 23 heavy (non-hydrogen) atoms. The van der Waals surface area contributed by atoms with E-state index in [1.807, 2.05) is 12.1 Å². The number of hydrogen-bond donors (Lipinski definition) is 1. The van der Waals surface area contributed by atoms with Gasteiger partial charge in [0.25, 0.3) is 0 Å². The Kier molecular flexibility index (Phi) is 8.64. The molecule has 0 bridgehead atoms. The predicted molar refractivity (Wildman–Crippen MR) is 108 cm³/mol. The molecule has 0 aromatic heterocycles. The molecule has 2 N–H and O–H groups in total. The van der Waals surface area contributed by atoms with Crippen molar-refractivity contribution in [1.82, 2.24) is 4.90 Å². The Morgan fingerprint density at radius 1 is 1.30 bits per heavy atom. The molecule has 1 aliphatic rings. The predicted octanol–water partition coefficient (Wildman–Crippen LogP) is 3.66. The number of guanidine groups is 1. The maximum absolute atomic E-state index is 6.18. The van der Waals surface area contributed by atoms with Gasteiger partial charge in [0.15, 0.2) is 5.96 Å². The van der Waals surface area contributed by atoms with E-state index in [9.17, 15) is 0 Å². The van der Waals surface area contributed by atoms with Crippen LogP contribution in [-0.2, 0) is 10.2 Å². The van der Waals surface area contributed by atoms with Crippen molar-refractivity contribution < 1.29 is 4.74 Å². The van der Waals surface area contributed by atoms with E-state index in [-0.39, 0.29) is 29.4 Å². The highest BCUT2D eigenvalue weighted by Crippen LogP contribution is 2.36. The first kappa shape index (κ1) is 20.5. The Morgan fingerprint density at radius 3 is 2.52 bits per heavy atom. The normalized spacial score (nSPS) is 17.4. The fraction of sp³-hybridized carbons (Fsp3) is 0.588. The highest BCUT2D eigenvalue weighted by Gasteiger charge is 2.34. The van der Waals surface area contributed by atoms with Gasteiger partial charge in [-0.1, -0.05) is 23.7 Å². The SMILES string of the molecule is CCN(CC)C(N)=NCC1(c2cccc(Cl)c2)CCOCC1.I. The van der Waals surface area contributed by atoms with E-state index in [0.29, 0.717) is 12.5 Å². The summed E-state index contributed by atoms with van der Waals surface area (Å²) in [5.74, 6) is 0.623. The Balaban J connectivity index is 0.00000264. The van der Waals surface area contributed by atoms with E-state index in [4.69, 9.17) is 22.1 Å². The molecule has 4 nitrogen and oxygen atoms in total. The van der Waals surface area contributed by atoms with Crippen molar-refractivity contribution in [2.75, 3.05) is 32.8 Å². The molecule has 0 atom stereocenters. The molecule has 1 aromatic rings. The van der Waals surface area contributed by atoms with Crippen LogP contribution in [0.3, 0.4) is 0 Å². The third kappa shape index (κ3) is 5.22. The Hall–Kier alpha value is -0.530. The summed E-state index contributed by atoms with van der Waals surface area (Å²) >= 11 is 6.18. The number of benzene rings is 1. The summed E-state index contributed by atoms with van der Waals surface area (Å²) in [5, 5.41) is 0.768. The largest absolute Gasteiger partial charge is 0.381 e.